The number of benzene rings is 4. The van der Waals surface area contributed by atoms with Crippen molar-refractivity contribution in [2.75, 3.05) is 32.9 Å². The van der Waals surface area contributed by atoms with Crippen molar-refractivity contribution < 1.29 is 22.3 Å². The summed E-state index contributed by atoms with van der Waals surface area (Å²) in [7, 11) is -3.78. The van der Waals surface area contributed by atoms with E-state index in [2.05, 4.69) is 20.4 Å². The van der Waals surface area contributed by atoms with E-state index in [1.165, 1.54) is 32.8 Å². The van der Waals surface area contributed by atoms with Gasteiger partial charge in [-0.25, -0.2) is 17.4 Å². The van der Waals surface area contributed by atoms with Crippen molar-refractivity contribution in [1.29, 1.82) is 0 Å². The molecule has 1 aliphatic heterocycles. The number of rotatable bonds is 11. The van der Waals surface area contributed by atoms with E-state index in [1.807, 2.05) is 11.5 Å². The Morgan fingerprint density at radius 3 is 2.46 bits per heavy atom. The Balaban J connectivity index is 1.19. The van der Waals surface area contributed by atoms with Gasteiger partial charge in [-0.05, 0) is 79.2 Å². The van der Waals surface area contributed by atoms with Crippen LogP contribution in [0.25, 0.3) is 33.8 Å². The predicted octanol–water partition coefficient (Wildman–Crippen LogP) is 5.84. The van der Waals surface area contributed by atoms with E-state index in [0.29, 0.717) is 75.3 Å². The topological polar surface area (TPSA) is 139 Å². The number of hydrogen-bond acceptors (Lipinski definition) is 10. The van der Waals surface area contributed by atoms with Crippen molar-refractivity contribution in [2.45, 2.75) is 29.3 Å². The third-order valence-electron chi connectivity index (χ3n) is 8.95. The summed E-state index contributed by atoms with van der Waals surface area (Å²) in [4.78, 5) is 14.0. The van der Waals surface area contributed by atoms with Crippen molar-refractivity contribution in [3.05, 3.63) is 124 Å². The number of ether oxygens (including phenoxy) is 2. The fourth-order valence-corrected chi connectivity index (χ4v) is 8.82. The zero-order chi connectivity index (χ0) is 37.4. The summed E-state index contributed by atoms with van der Waals surface area (Å²) >= 11 is 7.78. The number of hydrogen-bond donors (Lipinski definition) is 0. The molecule has 4 aromatic carbocycles. The number of nitrogens with zero attached hydrogens (tertiary/aromatic N) is 8. The largest absolute Gasteiger partial charge is 0.494 e. The third-order valence-corrected chi connectivity index (χ3v) is 12.0. The first-order valence-corrected chi connectivity index (χ1v) is 19.8. The highest BCUT2D eigenvalue weighted by atomic mass is 35.5. The smallest absolute Gasteiger partial charge is 0.267 e. The van der Waals surface area contributed by atoms with E-state index < -0.39 is 10.0 Å². The molecule has 0 N–H and O–H groups in total. The second-order valence-electron chi connectivity index (χ2n) is 12.3. The molecule has 54 heavy (non-hydrogen) atoms. The van der Waals surface area contributed by atoms with E-state index in [0.717, 1.165) is 5.56 Å². The second kappa shape index (κ2) is 14.9. The Bertz CT molecular complexity index is 2660. The van der Waals surface area contributed by atoms with Gasteiger partial charge in [-0.3, -0.25) is 13.8 Å². The molecule has 8 rings (SSSR count). The maximum atomic E-state index is 13.9. The molecule has 0 radical (unpaired) electrons. The van der Waals surface area contributed by atoms with Gasteiger partial charge in [0.05, 0.1) is 53.6 Å². The van der Waals surface area contributed by atoms with E-state index >= 15 is 0 Å². The van der Waals surface area contributed by atoms with Gasteiger partial charge in [-0.15, -0.1) is 20.4 Å². The van der Waals surface area contributed by atoms with Gasteiger partial charge in [0, 0.05) is 23.7 Å². The number of aromatic nitrogens is 7. The van der Waals surface area contributed by atoms with Crippen LogP contribution in [0.4, 0.5) is 4.39 Å². The van der Waals surface area contributed by atoms with Crippen LogP contribution in [0.1, 0.15) is 18.3 Å². The van der Waals surface area contributed by atoms with Crippen molar-refractivity contribution in [2.24, 2.45) is 0 Å². The highest BCUT2D eigenvalue weighted by Gasteiger charge is 2.27. The maximum absolute atomic E-state index is 13.9. The van der Waals surface area contributed by atoms with Crippen LogP contribution in [-0.4, -0.2) is 79.6 Å². The second-order valence-corrected chi connectivity index (χ2v) is 15.6. The first kappa shape index (κ1) is 35.9. The molecule has 0 bridgehead atoms. The molecule has 0 saturated carbocycles. The minimum atomic E-state index is -3.78. The Hall–Kier alpha value is -5.13. The van der Waals surface area contributed by atoms with Gasteiger partial charge >= 0.3 is 0 Å². The minimum Gasteiger partial charge on any atom is -0.494 e. The number of halogens is 2. The van der Waals surface area contributed by atoms with E-state index in [9.17, 15) is 17.6 Å². The molecule has 0 atom stereocenters. The van der Waals surface area contributed by atoms with Crippen LogP contribution in [0.2, 0.25) is 5.02 Å². The molecule has 276 valence electrons. The van der Waals surface area contributed by atoms with Gasteiger partial charge < -0.3 is 9.47 Å². The molecule has 1 aliphatic rings. The monoisotopic (exact) mass is 786 g/mol. The Labute approximate surface area is 318 Å². The predicted molar refractivity (Wildman–Crippen MR) is 202 cm³/mol. The van der Waals surface area contributed by atoms with Gasteiger partial charge in [0.1, 0.15) is 17.4 Å². The fraction of sp³-hybridized carbons (Fsp3) is 0.216. The summed E-state index contributed by atoms with van der Waals surface area (Å²) < 4.78 is 58.5. The number of morpholine rings is 1. The molecule has 0 aliphatic carbocycles. The van der Waals surface area contributed by atoms with Crippen LogP contribution < -0.4 is 10.3 Å². The zero-order valence-electron chi connectivity index (χ0n) is 28.8. The van der Waals surface area contributed by atoms with Crippen molar-refractivity contribution in [3.8, 4) is 22.8 Å². The normalized spacial score (nSPS) is 13.9. The van der Waals surface area contributed by atoms with E-state index in [4.69, 9.17) is 21.1 Å². The van der Waals surface area contributed by atoms with Crippen LogP contribution >= 0.6 is 23.4 Å². The van der Waals surface area contributed by atoms with Gasteiger partial charge in [0.2, 0.25) is 15.8 Å². The molecular weight excluding hydrogens is 755 g/mol. The quantitative estimate of drug-likeness (QED) is 0.147. The first-order chi connectivity index (χ1) is 26.2. The first-order valence-electron chi connectivity index (χ1n) is 17.0. The lowest BCUT2D eigenvalue weighted by Crippen LogP contribution is -2.40. The maximum Gasteiger partial charge on any atom is 0.267 e. The van der Waals surface area contributed by atoms with Crippen molar-refractivity contribution in [3.63, 3.8) is 0 Å². The molecule has 13 nitrogen and oxygen atoms in total. The highest BCUT2D eigenvalue weighted by Crippen LogP contribution is 2.31. The molecule has 17 heteroatoms. The van der Waals surface area contributed by atoms with Crippen LogP contribution in [0.5, 0.6) is 5.75 Å². The molecule has 0 unspecified atom stereocenters. The van der Waals surface area contributed by atoms with Crippen molar-refractivity contribution >= 4 is 50.1 Å². The summed E-state index contributed by atoms with van der Waals surface area (Å²) in [6, 6.07) is 24.9. The van der Waals surface area contributed by atoms with Gasteiger partial charge in [-0.1, -0.05) is 47.6 Å². The Morgan fingerprint density at radius 1 is 0.926 bits per heavy atom. The molecule has 1 fully saturated rings. The summed E-state index contributed by atoms with van der Waals surface area (Å²) in [5.41, 5.74) is 2.16. The number of fused-ring (bicyclic) bond motifs is 3. The van der Waals surface area contributed by atoms with Crippen LogP contribution in [-0.2, 0) is 27.1 Å². The third kappa shape index (κ3) is 6.86. The summed E-state index contributed by atoms with van der Waals surface area (Å²) in [6.07, 6.45) is 0. The lowest BCUT2D eigenvalue weighted by atomic mass is 10.2. The molecule has 3 aromatic heterocycles. The van der Waals surface area contributed by atoms with Crippen molar-refractivity contribution in [1.82, 2.24) is 38.2 Å². The average molecular weight is 787 g/mol. The standard InChI is InChI=1S/C37H32ClFN8O5S2/c1-2-52-29-13-11-28(12-14-29)46-35(48)31-15-8-26(38)21-32(31)47-33(40-42-36(46)47)23-53-37-43-41-34(45(37)22-24-6-9-27(39)10-7-24)25-4-3-5-30(20-25)54(49,50)44-16-18-51-19-17-44/h3-15,20-21H,2,16-19,22-23H2,1H3. The molecule has 1 saturated heterocycles. The number of sulfonamides is 1. The lowest BCUT2D eigenvalue weighted by Gasteiger charge is -2.26. The molecular formula is C37H32ClFN8O5S2. The summed E-state index contributed by atoms with van der Waals surface area (Å²) in [5.74, 6) is 1.78. The van der Waals surface area contributed by atoms with Crippen LogP contribution in [0, 0.1) is 5.82 Å². The van der Waals surface area contributed by atoms with E-state index in [1.54, 1.807) is 83.3 Å². The Kier molecular flexibility index (Phi) is 9.93. The van der Waals surface area contributed by atoms with Crippen LogP contribution in [0.3, 0.4) is 0 Å². The molecule has 7 aromatic rings. The van der Waals surface area contributed by atoms with E-state index in [-0.39, 0.29) is 41.7 Å². The highest BCUT2D eigenvalue weighted by molar-refractivity contribution is 7.98. The molecule has 0 spiro atoms. The van der Waals surface area contributed by atoms with Gasteiger partial charge in [0.15, 0.2) is 11.0 Å². The summed E-state index contributed by atoms with van der Waals surface area (Å²) in [6.45, 7) is 3.86. The molecule has 0 amide bonds. The summed E-state index contributed by atoms with van der Waals surface area (Å²) in [5, 5.41) is 19.4. The zero-order valence-corrected chi connectivity index (χ0v) is 31.2. The van der Waals surface area contributed by atoms with Gasteiger partial charge in [0.25, 0.3) is 5.56 Å². The Morgan fingerprint density at radius 2 is 1.70 bits per heavy atom. The SMILES string of the molecule is CCOc1ccc(-n2c(=O)c3ccc(Cl)cc3n3c(CSc4nnc(-c5cccc(S(=O)(=O)N6CCOCC6)c5)n4Cc4ccc(F)cc4)nnc23)cc1. The van der Waals surface area contributed by atoms with Gasteiger partial charge in [-0.2, -0.15) is 4.31 Å². The fourth-order valence-electron chi connectivity index (χ4n) is 6.35. The lowest BCUT2D eigenvalue weighted by molar-refractivity contribution is 0.0730. The number of thioether (sulfide) groups is 1. The minimum absolute atomic E-state index is 0.131. The van der Waals surface area contributed by atoms with Crippen LogP contribution in [0.15, 0.2) is 106 Å². The average Bonchev–Trinajstić information content (AvgIpc) is 3.80. The molecule has 4 heterocycles.